The highest BCUT2D eigenvalue weighted by atomic mass is 35.5. The number of para-hydroxylation sites is 2. The summed E-state index contributed by atoms with van der Waals surface area (Å²) in [5.41, 5.74) is 0.521. The van der Waals surface area contributed by atoms with Gasteiger partial charge in [-0.05, 0) is 43.2 Å². The molecule has 0 N–H and O–H groups in total. The maximum Gasteiger partial charge on any atom is 0.161 e. The summed E-state index contributed by atoms with van der Waals surface area (Å²) < 4.78 is 16.5. The van der Waals surface area contributed by atoms with Gasteiger partial charge in [0.2, 0.25) is 0 Å². The number of ether oxygens (including phenoxy) is 3. The summed E-state index contributed by atoms with van der Waals surface area (Å²) in [5, 5.41) is 9.24. The third kappa shape index (κ3) is 5.08. The second-order valence-electron chi connectivity index (χ2n) is 4.81. The molecule has 0 atom stereocenters. The molecule has 0 bridgehead atoms. The largest absolute Gasteiger partial charge is 0.493 e. The minimum Gasteiger partial charge on any atom is -0.493 e. The van der Waals surface area contributed by atoms with Gasteiger partial charge < -0.3 is 14.2 Å². The highest BCUT2D eigenvalue weighted by Gasteiger charge is 2.04. The standard InChI is InChI=1S/C18H18ClNO3/c1-21-17-6-2-3-7-18(17)23-11-5-4-10-22-16-9-8-14(13-20)12-15(16)19/h2-3,6-9,12H,4-5,10-11H2,1H3. The Hall–Kier alpha value is -2.38. The molecule has 0 aliphatic carbocycles. The van der Waals surface area contributed by atoms with E-state index in [9.17, 15) is 0 Å². The van der Waals surface area contributed by atoms with Crippen LogP contribution in [0.1, 0.15) is 18.4 Å². The third-order valence-corrected chi connectivity index (χ3v) is 3.48. The molecule has 0 saturated carbocycles. The van der Waals surface area contributed by atoms with Gasteiger partial charge in [-0.15, -0.1) is 0 Å². The Labute approximate surface area is 141 Å². The Morgan fingerprint density at radius 1 is 0.957 bits per heavy atom. The van der Waals surface area contributed by atoms with Gasteiger partial charge in [-0.3, -0.25) is 0 Å². The summed E-state index contributed by atoms with van der Waals surface area (Å²) in [6.07, 6.45) is 1.69. The molecule has 0 aromatic heterocycles. The van der Waals surface area contributed by atoms with Crippen molar-refractivity contribution in [1.82, 2.24) is 0 Å². The van der Waals surface area contributed by atoms with Crippen LogP contribution in [0.3, 0.4) is 0 Å². The molecular formula is C18H18ClNO3. The molecule has 0 heterocycles. The molecule has 2 aromatic carbocycles. The molecule has 0 aliphatic heterocycles. The second-order valence-corrected chi connectivity index (χ2v) is 5.22. The van der Waals surface area contributed by atoms with Gasteiger partial charge in [0.1, 0.15) is 5.75 Å². The number of benzene rings is 2. The number of nitrogens with zero attached hydrogens (tertiary/aromatic N) is 1. The molecule has 23 heavy (non-hydrogen) atoms. The van der Waals surface area contributed by atoms with E-state index in [1.165, 1.54) is 0 Å². The SMILES string of the molecule is COc1ccccc1OCCCCOc1ccc(C#N)cc1Cl. The van der Waals surface area contributed by atoms with Crippen LogP contribution in [-0.4, -0.2) is 20.3 Å². The monoisotopic (exact) mass is 331 g/mol. The summed E-state index contributed by atoms with van der Waals surface area (Å²) in [5.74, 6) is 2.07. The van der Waals surface area contributed by atoms with Crippen LogP contribution < -0.4 is 14.2 Å². The Balaban J connectivity index is 1.69. The maximum atomic E-state index is 8.79. The predicted octanol–water partition coefficient (Wildman–Crippen LogP) is 4.46. The fourth-order valence-electron chi connectivity index (χ4n) is 1.99. The van der Waals surface area contributed by atoms with Gasteiger partial charge in [0.25, 0.3) is 0 Å². The van der Waals surface area contributed by atoms with E-state index in [2.05, 4.69) is 0 Å². The summed E-state index contributed by atoms with van der Waals surface area (Å²) in [4.78, 5) is 0. The van der Waals surface area contributed by atoms with E-state index < -0.39 is 0 Å². The van der Waals surface area contributed by atoms with Crippen LogP contribution in [0.15, 0.2) is 42.5 Å². The van der Waals surface area contributed by atoms with Crippen LogP contribution in [0, 0.1) is 11.3 Å². The summed E-state index contributed by atoms with van der Waals surface area (Å²) >= 11 is 6.05. The van der Waals surface area contributed by atoms with E-state index in [1.807, 2.05) is 30.3 Å². The van der Waals surface area contributed by atoms with Crippen LogP contribution in [0.25, 0.3) is 0 Å². The molecule has 0 saturated heterocycles. The fraction of sp³-hybridized carbons (Fsp3) is 0.278. The lowest BCUT2D eigenvalue weighted by molar-refractivity contribution is 0.258. The van der Waals surface area contributed by atoms with E-state index in [4.69, 9.17) is 31.1 Å². The highest BCUT2D eigenvalue weighted by molar-refractivity contribution is 6.32. The van der Waals surface area contributed by atoms with Gasteiger partial charge >= 0.3 is 0 Å². The zero-order chi connectivity index (χ0) is 16.5. The van der Waals surface area contributed by atoms with Crippen molar-refractivity contribution in [3.63, 3.8) is 0 Å². The maximum absolute atomic E-state index is 8.79. The van der Waals surface area contributed by atoms with Crippen molar-refractivity contribution in [1.29, 1.82) is 5.26 Å². The van der Waals surface area contributed by atoms with Crippen molar-refractivity contribution in [2.75, 3.05) is 20.3 Å². The molecule has 2 rings (SSSR count). The molecule has 0 radical (unpaired) electrons. The number of nitriles is 1. The van der Waals surface area contributed by atoms with E-state index >= 15 is 0 Å². The average Bonchev–Trinajstić information content (AvgIpc) is 2.59. The molecule has 0 unspecified atom stereocenters. The van der Waals surface area contributed by atoms with Gasteiger partial charge in [0.05, 0.1) is 37.0 Å². The van der Waals surface area contributed by atoms with Crippen molar-refractivity contribution in [2.24, 2.45) is 0 Å². The van der Waals surface area contributed by atoms with Gasteiger partial charge in [-0.1, -0.05) is 23.7 Å². The number of hydrogen-bond donors (Lipinski definition) is 0. The molecule has 4 nitrogen and oxygen atoms in total. The molecule has 120 valence electrons. The molecule has 0 aliphatic rings. The van der Waals surface area contributed by atoms with Gasteiger partial charge in [0, 0.05) is 0 Å². The van der Waals surface area contributed by atoms with Crippen molar-refractivity contribution in [2.45, 2.75) is 12.8 Å². The summed E-state index contributed by atoms with van der Waals surface area (Å²) in [7, 11) is 1.62. The van der Waals surface area contributed by atoms with Crippen LogP contribution in [0.4, 0.5) is 0 Å². The van der Waals surface area contributed by atoms with E-state index in [-0.39, 0.29) is 0 Å². The Morgan fingerprint density at radius 3 is 2.22 bits per heavy atom. The molecule has 0 fully saturated rings. The number of unbranched alkanes of at least 4 members (excludes halogenated alkanes) is 1. The molecule has 5 heteroatoms. The van der Waals surface area contributed by atoms with Gasteiger partial charge in [0.15, 0.2) is 11.5 Å². The first kappa shape index (κ1) is 17.0. The van der Waals surface area contributed by atoms with Crippen LogP contribution in [-0.2, 0) is 0 Å². The Kier molecular flexibility index (Phi) is 6.58. The minimum absolute atomic E-state index is 0.453. The zero-order valence-corrected chi connectivity index (χ0v) is 13.7. The Morgan fingerprint density at radius 2 is 1.61 bits per heavy atom. The molecule has 2 aromatic rings. The van der Waals surface area contributed by atoms with Crippen LogP contribution in [0.5, 0.6) is 17.2 Å². The molecular weight excluding hydrogens is 314 g/mol. The van der Waals surface area contributed by atoms with Crippen LogP contribution >= 0.6 is 11.6 Å². The predicted molar refractivity (Wildman–Crippen MR) is 89.4 cm³/mol. The normalized spacial score (nSPS) is 9.96. The lowest BCUT2D eigenvalue weighted by Gasteiger charge is -2.11. The first-order valence-corrected chi connectivity index (χ1v) is 7.70. The Bertz CT molecular complexity index is 682. The fourth-order valence-corrected chi connectivity index (χ4v) is 2.23. The topological polar surface area (TPSA) is 51.5 Å². The van der Waals surface area contributed by atoms with E-state index in [0.29, 0.717) is 29.5 Å². The average molecular weight is 332 g/mol. The first-order valence-electron chi connectivity index (χ1n) is 7.33. The van der Waals surface area contributed by atoms with E-state index in [0.717, 1.165) is 24.3 Å². The number of rotatable bonds is 8. The number of halogens is 1. The van der Waals surface area contributed by atoms with Crippen molar-refractivity contribution >= 4 is 11.6 Å². The first-order chi connectivity index (χ1) is 11.2. The summed E-state index contributed by atoms with van der Waals surface area (Å²) in [6, 6.07) is 14.6. The zero-order valence-electron chi connectivity index (χ0n) is 12.9. The van der Waals surface area contributed by atoms with Gasteiger partial charge in [-0.25, -0.2) is 0 Å². The smallest absolute Gasteiger partial charge is 0.161 e. The lowest BCUT2D eigenvalue weighted by atomic mass is 10.2. The number of methoxy groups -OCH3 is 1. The highest BCUT2D eigenvalue weighted by Crippen LogP contribution is 2.26. The molecule has 0 spiro atoms. The van der Waals surface area contributed by atoms with E-state index in [1.54, 1.807) is 25.3 Å². The number of hydrogen-bond acceptors (Lipinski definition) is 4. The third-order valence-electron chi connectivity index (χ3n) is 3.18. The van der Waals surface area contributed by atoms with Crippen molar-refractivity contribution in [3.05, 3.63) is 53.1 Å². The van der Waals surface area contributed by atoms with Crippen molar-refractivity contribution < 1.29 is 14.2 Å². The lowest BCUT2D eigenvalue weighted by Crippen LogP contribution is -2.03. The van der Waals surface area contributed by atoms with Gasteiger partial charge in [-0.2, -0.15) is 5.26 Å². The minimum atomic E-state index is 0.453. The quantitative estimate of drug-likeness (QED) is 0.670. The molecule has 0 amide bonds. The second kappa shape index (κ2) is 8.92. The van der Waals surface area contributed by atoms with Crippen molar-refractivity contribution in [3.8, 4) is 23.3 Å². The summed E-state index contributed by atoms with van der Waals surface area (Å²) in [6.45, 7) is 1.13. The van der Waals surface area contributed by atoms with Crippen LogP contribution in [0.2, 0.25) is 5.02 Å².